The summed E-state index contributed by atoms with van der Waals surface area (Å²) in [4.78, 5) is 3.41. The van der Waals surface area contributed by atoms with Gasteiger partial charge in [-0.05, 0) is 64.5 Å². The van der Waals surface area contributed by atoms with E-state index < -0.39 is 0 Å². The Morgan fingerprint density at radius 1 is 0.792 bits per heavy atom. The molecule has 0 amide bonds. The topological polar surface area (TPSA) is 27.8 Å². The normalized spacial score (nSPS) is 11.3. The lowest BCUT2D eigenvalue weighted by Gasteiger charge is -2.09. The molecule has 0 aliphatic rings. The minimum atomic E-state index is 0.515. The van der Waals surface area contributed by atoms with Crippen molar-refractivity contribution in [1.82, 2.24) is 4.98 Å². The van der Waals surface area contributed by atoms with Gasteiger partial charge in [-0.15, -0.1) is 0 Å². The van der Waals surface area contributed by atoms with Gasteiger partial charge in [0, 0.05) is 37.2 Å². The summed E-state index contributed by atoms with van der Waals surface area (Å²) in [7, 11) is 0. The zero-order chi connectivity index (χ0) is 16.8. The molecule has 3 aromatic carbocycles. The Bertz CT molecular complexity index is 1090. The molecule has 0 saturated carbocycles. The Morgan fingerprint density at radius 2 is 1.62 bits per heavy atom. The molecule has 1 aromatic heterocycles. The molecule has 0 atom stereocenters. The predicted molar refractivity (Wildman–Crippen MR) is 108 cm³/mol. The Morgan fingerprint density at radius 3 is 2.42 bits per heavy atom. The van der Waals surface area contributed by atoms with Crippen molar-refractivity contribution in [2.45, 2.75) is 0 Å². The Kier molecular flexibility index (Phi) is 4.13. The van der Waals surface area contributed by atoms with Crippen LogP contribution in [0.3, 0.4) is 0 Å². The van der Waals surface area contributed by atoms with Gasteiger partial charge in [0.2, 0.25) is 0 Å². The van der Waals surface area contributed by atoms with Gasteiger partial charge in [0.05, 0.1) is 15.6 Å². The molecule has 0 fully saturated rings. The Labute approximate surface area is 161 Å². The SMILES string of the molecule is Clc1ccc2[nH]c3c(Br)cc(Nc4ccc(Cl)c(Cl)c4)cc3c2c1. The van der Waals surface area contributed by atoms with Crippen molar-refractivity contribution >= 4 is 83.9 Å². The van der Waals surface area contributed by atoms with Crippen LogP contribution in [0.15, 0.2) is 53.0 Å². The molecule has 24 heavy (non-hydrogen) atoms. The number of hydrogen-bond acceptors (Lipinski definition) is 1. The Hall–Kier alpha value is -1.39. The zero-order valence-corrected chi connectivity index (χ0v) is 16.0. The number of aromatic nitrogens is 1. The fourth-order valence-corrected chi connectivity index (χ4v) is 3.77. The van der Waals surface area contributed by atoms with E-state index in [1.165, 1.54) is 0 Å². The standard InChI is InChI=1S/C18H10BrCl3N2/c19-14-7-11(23-10-2-3-15(21)16(22)8-10)6-13-12-5-9(20)1-4-17(12)24-18(13)14/h1-8,23-24H. The van der Waals surface area contributed by atoms with Crippen LogP contribution in [0.1, 0.15) is 0 Å². The second-order valence-corrected chi connectivity index (χ2v) is 7.55. The van der Waals surface area contributed by atoms with Crippen molar-refractivity contribution in [3.8, 4) is 0 Å². The maximum atomic E-state index is 6.15. The van der Waals surface area contributed by atoms with E-state index in [0.717, 1.165) is 37.7 Å². The molecule has 2 nitrogen and oxygen atoms in total. The summed E-state index contributed by atoms with van der Waals surface area (Å²) >= 11 is 21.8. The lowest BCUT2D eigenvalue weighted by molar-refractivity contribution is 1.51. The van der Waals surface area contributed by atoms with Crippen molar-refractivity contribution in [1.29, 1.82) is 0 Å². The highest BCUT2D eigenvalue weighted by Crippen LogP contribution is 2.36. The van der Waals surface area contributed by atoms with Gasteiger partial charge in [0.1, 0.15) is 0 Å². The summed E-state index contributed by atoms with van der Waals surface area (Å²) in [6.45, 7) is 0. The van der Waals surface area contributed by atoms with Crippen LogP contribution in [0, 0.1) is 0 Å². The van der Waals surface area contributed by atoms with Crippen LogP contribution in [0.4, 0.5) is 11.4 Å². The quantitative estimate of drug-likeness (QED) is 0.327. The van der Waals surface area contributed by atoms with E-state index in [2.05, 4.69) is 32.3 Å². The van der Waals surface area contributed by atoms with Gasteiger partial charge in [-0.2, -0.15) is 0 Å². The molecular formula is C18H10BrCl3N2. The lowest BCUT2D eigenvalue weighted by atomic mass is 10.1. The minimum Gasteiger partial charge on any atom is -0.355 e. The first-order valence-electron chi connectivity index (χ1n) is 7.14. The molecular weight excluding hydrogens is 430 g/mol. The van der Waals surface area contributed by atoms with Crippen molar-refractivity contribution < 1.29 is 0 Å². The van der Waals surface area contributed by atoms with Gasteiger partial charge in [0.15, 0.2) is 0 Å². The number of anilines is 2. The number of hydrogen-bond donors (Lipinski definition) is 2. The van der Waals surface area contributed by atoms with E-state index in [0.29, 0.717) is 15.1 Å². The number of aromatic amines is 1. The van der Waals surface area contributed by atoms with E-state index >= 15 is 0 Å². The molecule has 0 spiro atoms. The van der Waals surface area contributed by atoms with Crippen LogP contribution in [0.25, 0.3) is 21.8 Å². The summed E-state index contributed by atoms with van der Waals surface area (Å²) in [6.07, 6.45) is 0. The molecule has 120 valence electrons. The fraction of sp³-hybridized carbons (Fsp3) is 0. The number of fused-ring (bicyclic) bond motifs is 3. The molecule has 4 rings (SSSR count). The number of rotatable bonds is 2. The molecule has 0 radical (unpaired) electrons. The third-order valence-electron chi connectivity index (χ3n) is 3.83. The van der Waals surface area contributed by atoms with Crippen LogP contribution in [-0.4, -0.2) is 4.98 Å². The zero-order valence-electron chi connectivity index (χ0n) is 12.1. The smallest absolute Gasteiger partial charge is 0.0612 e. The molecule has 1 heterocycles. The first-order chi connectivity index (χ1) is 11.5. The first kappa shape index (κ1) is 16.1. The highest BCUT2D eigenvalue weighted by molar-refractivity contribution is 9.10. The molecule has 0 aliphatic heterocycles. The minimum absolute atomic E-state index is 0.515. The summed E-state index contributed by atoms with van der Waals surface area (Å²) in [5.41, 5.74) is 3.89. The van der Waals surface area contributed by atoms with Crippen molar-refractivity contribution in [3.05, 3.63) is 68.1 Å². The van der Waals surface area contributed by atoms with E-state index in [-0.39, 0.29) is 0 Å². The Balaban J connectivity index is 1.85. The summed E-state index contributed by atoms with van der Waals surface area (Å²) < 4.78 is 0.967. The molecule has 0 bridgehead atoms. The van der Waals surface area contributed by atoms with Crippen molar-refractivity contribution in [2.24, 2.45) is 0 Å². The maximum absolute atomic E-state index is 6.15. The molecule has 0 saturated heterocycles. The summed E-state index contributed by atoms with van der Waals surface area (Å²) in [5.74, 6) is 0. The van der Waals surface area contributed by atoms with Crippen molar-refractivity contribution in [2.75, 3.05) is 5.32 Å². The van der Waals surface area contributed by atoms with E-state index in [4.69, 9.17) is 34.8 Å². The molecule has 4 aromatic rings. The third kappa shape index (κ3) is 2.86. The van der Waals surface area contributed by atoms with Gasteiger partial charge >= 0.3 is 0 Å². The van der Waals surface area contributed by atoms with E-state index in [1.807, 2.05) is 30.3 Å². The van der Waals surface area contributed by atoms with Crippen LogP contribution in [-0.2, 0) is 0 Å². The summed E-state index contributed by atoms with van der Waals surface area (Å²) in [6, 6.07) is 15.4. The molecule has 0 unspecified atom stereocenters. The molecule has 2 N–H and O–H groups in total. The monoisotopic (exact) mass is 438 g/mol. The third-order valence-corrected chi connectivity index (χ3v) is 5.43. The molecule has 6 heteroatoms. The van der Waals surface area contributed by atoms with Gasteiger partial charge in [0.25, 0.3) is 0 Å². The van der Waals surface area contributed by atoms with Crippen LogP contribution in [0.5, 0.6) is 0 Å². The number of benzene rings is 3. The number of H-pyrrole nitrogens is 1. The largest absolute Gasteiger partial charge is 0.355 e. The van der Waals surface area contributed by atoms with E-state index in [9.17, 15) is 0 Å². The van der Waals surface area contributed by atoms with Gasteiger partial charge in [-0.3, -0.25) is 0 Å². The first-order valence-corrected chi connectivity index (χ1v) is 9.06. The van der Waals surface area contributed by atoms with Gasteiger partial charge in [-0.25, -0.2) is 0 Å². The maximum Gasteiger partial charge on any atom is 0.0612 e. The average molecular weight is 441 g/mol. The molecule has 0 aliphatic carbocycles. The average Bonchev–Trinajstić information content (AvgIpc) is 2.90. The van der Waals surface area contributed by atoms with Crippen LogP contribution >= 0.6 is 50.7 Å². The summed E-state index contributed by atoms with van der Waals surface area (Å²) in [5, 5.41) is 7.28. The fourth-order valence-electron chi connectivity index (χ4n) is 2.74. The number of nitrogens with one attached hydrogen (secondary N) is 2. The van der Waals surface area contributed by atoms with Gasteiger partial charge in [-0.1, -0.05) is 34.8 Å². The number of halogens is 4. The second-order valence-electron chi connectivity index (χ2n) is 5.45. The van der Waals surface area contributed by atoms with Crippen LogP contribution < -0.4 is 5.32 Å². The van der Waals surface area contributed by atoms with Crippen molar-refractivity contribution in [3.63, 3.8) is 0 Å². The highest BCUT2D eigenvalue weighted by Gasteiger charge is 2.10. The van der Waals surface area contributed by atoms with Gasteiger partial charge < -0.3 is 10.3 Å². The van der Waals surface area contributed by atoms with Crippen LogP contribution in [0.2, 0.25) is 15.1 Å². The lowest BCUT2D eigenvalue weighted by Crippen LogP contribution is -1.90. The second kappa shape index (κ2) is 6.16. The predicted octanol–water partition coefficient (Wildman–Crippen LogP) is 7.79. The highest BCUT2D eigenvalue weighted by atomic mass is 79.9. The van der Waals surface area contributed by atoms with E-state index in [1.54, 1.807) is 12.1 Å².